The number of hydrogen-bond donors (Lipinski definition) is 2. The molecule has 8 heteroatoms. The minimum atomic E-state index is -0.516. The molecule has 0 atom stereocenters. The second-order valence-corrected chi connectivity index (χ2v) is 4.66. The number of pyridine rings is 1. The SMILES string of the molecule is Cc1c(NC(=O)c2cc(N)ncc2Cl)cccc1[N+](=O)[O-]. The molecule has 0 radical (unpaired) electrons. The Morgan fingerprint density at radius 1 is 1.48 bits per heavy atom. The third kappa shape index (κ3) is 3.09. The molecule has 7 nitrogen and oxygen atoms in total. The third-order valence-corrected chi connectivity index (χ3v) is 3.17. The van der Waals surface area contributed by atoms with Crippen LogP contribution in [0.5, 0.6) is 0 Å². The lowest BCUT2D eigenvalue weighted by molar-refractivity contribution is -0.385. The van der Waals surface area contributed by atoms with E-state index in [-0.39, 0.29) is 22.1 Å². The van der Waals surface area contributed by atoms with Crippen LogP contribution in [0.15, 0.2) is 30.5 Å². The highest BCUT2D eigenvalue weighted by Crippen LogP contribution is 2.26. The molecule has 1 amide bonds. The Hall–Kier alpha value is -2.67. The van der Waals surface area contributed by atoms with E-state index < -0.39 is 10.8 Å². The first-order valence-electron chi connectivity index (χ1n) is 5.86. The maximum absolute atomic E-state index is 12.2. The summed E-state index contributed by atoms with van der Waals surface area (Å²) in [5.74, 6) is -0.363. The molecule has 0 saturated carbocycles. The molecule has 0 spiro atoms. The van der Waals surface area contributed by atoms with E-state index in [9.17, 15) is 14.9 Å². The summed E-state index contributed by atoms with van der Waals surface area (Å²) >= 11 is 5.89. The van der Waals surface area contributed by atoms with Crippen molar-refractivity contribution in [1.82, 2.24) is 4.98 Å². The van der Waals surface area contributed by atoms with Gasteiger partial charge in [-0.25, -0.2) is 4.98 Å². The lowest BCUT2D eigenvalue weighted by atomic mass is 10.1. The molecule has 1 aromatic heterocycles. The van der Waals surface area contributed by atoms with Crippen LogP contribution in [-0.2, 0) is 0 Å². The summed E-state index contributed by atoms with van der Waals surface area (Å²) in [6.45, 7) is 1.55. The number of nitrogen functional groups attached to an aromatic ring is 1. The number of nitrogens with one attached hydrogen (secondary N) is 1. The Balaban J connectivity index is 2.34. The quantitative estimate of drug-likeness (QED) is 0.669. The number of amides is 1. The summed E-state index contributed by atoms with van der Waals surface area (Å²) in [4.78, 5) is 26.3. The molecule has 0 unspecified atom stereocenters. The molecule has 0 bridgehead atoms. The van der Waals surface area contributed by atoms with Crippen molar-refractivity contribution < 1.29 is 9.72 Å². The van der Waals surface area contributed by atoms with Crippen molar-refractivity contribution in [3.63, 3.8) is 0 Å². The highest BCUT2D eigenvalue weighted by molar-refractivity contribution is 6.34. The van der Waals surface area contributed by atoms with Gasteiger partial charge < -0.3 is 11.1 Å². The van der Waals surface area contributed by atoms with Gasteiger partial charge in [-0.2, -0.15) is 0 Å². The fourth-order valence-electron chi connectivity index (χ4n) is 1.78. The minimum absolute atomic E-state index is 0.0758. The van der Waals surface area contributed by atoms with Gasteiger partial charge >= 0.3 is 0 Å². The highest BCUT2D eigenvalue weighted by atomic mass is 35.5. The summed E-state index contributed by atoms with van der Waals surface area (Å²) in [5.41, 5.74) is 6.28. The fraction of sp³-hybridized carbons (Fsp3) is 0.0769. The molecule has 1 heterocycles. The molecule has 0 aliphatic heterocycles. The molecule has 0 saturated heterocycles. The normalized spacial score (nSPS) is 10.2. The summed E-state index contributed by atoms with van der Waals surface area (Å²) < 4.78 is 0. The van der Waals surface area contributed by atoms with Gasteiger partial charge in [0, 0.05) is 12.3 Å². The lowest BCUT2D eigenvalue weighted by Crippen LogP contribution is -2.14. The number of carbonyl (C=O) groups excluding carboxylic acids is 1. The van der Waals surface area contributed by atoms with Crippen molar-refractivity contribution in [3.05, 3.63) is 56.7 Å². The molecule has 3 N–H and O–H groups in total. The summed E-state index contributed by atoms with van der Waals surface area (Å²) in [6.07, 6.45) is 1.27. The molecule has 2 aromatic rings. The first-order valence-corrected chi connectivity index (χ1v) is 6.24. The van der Waals surface area contributed by atoms with Crippen LogP contribution in [0.2, 0.25) is 5.02 Å². The first-order chi connectivity index (χ1) is 9.90. The van der Waals surface area contributed by atoms with Crippen LogP contribution in [-0.4, -0.2) is 15.8 Å². The molecule has 1 aromatic carbocycles. The van der Waals surface area contributed by atoms with Gasteiger partial charge in [-0.15, -0.1) is 0 Å². The van der Waals surface area contributed by atoms with E-state index in [4.69, 9.17) is 17.3 Å². The van der Waals surface area contributed by atoms with Crippen molar-refractivity contribution in [1.29, 1.82) is 0 Å². The van der Waals surface area contributed by atoms with Gasteiger partial charge in [0.1, 0.15) is 5.82 Å². The molecular formula is C13H11ClN4O3. The van der Waals surface area contributed by atoms with Gasteiger partial charge in [0.05, 0.1) is 26.8 Å². The largest absolute Gasteiger partial charge is 0.384 e. The van der Waals surface area contributed by atoms with E-state index in [2.05, 4.69) is 10.3 Å². The average Bonchev–Trinajstić information content (AvgIpc) is 2.43. The van der Waals surface area contributed by atoms with E-state index in [1.165, 1.54) is 24.4 Å². The molecule has 0 aliphatic carbocycles. The number of nitrogens with zero attached hydrogens (tertiary/aromatic N) is 2. The predicted octanol–water partition coefficient (Wildman–Crippen LogP) is 2.79. The second kappa shape index (κ2) is 5.76. The van der Waals surface area contributed by atoms with Crippen LogP contribution in [0, 0.1) is 17.0 Å². The van der Waals surface area contributed by atoms with Gasteiger partial charge in [-0.05, 0) is 19.1 Å². The Morgan fingerprint density at radius 3 is 2.86 bits per heavy atom. The molecule has 2 rings (SSSR count). The van der Waals surface area contributed by atoms with Crippen LogP contribution in [0.25, 0.3) is 0 Å². The number of nitro benzene ring substituents is 1. The van der Waals surface area contributed by atoms with Gasteiger partial charge in [0.2, 0.25) is 0 Å². The first kappa shape index (κ1) is 14.7. The molecule has 0 aliphatic rings. The molecular weight excluding hydrogens is 296 g/mol. The molecule has 108 valence electrons. The van der Waals surface area contributed by atoms with E-state index in [0.717, 1.165) is 0 Å². The number of anilines is 2. The third-order valence-electron chi connectivity index (χ3n) is 2.87. The van der Waals surface area contributed by atoms with Gasteiger partial charge in [0.25, 0.3) is 11.6 Å². The van der Waals surface area contributed by atoms with Crippen LogP contribution in [0.4, 0.5) is 17.2 Å². The average molecular weight is 307 g/mol. The number of carbonyl (C=O) groups is 1. The maximum atomic E-state index is 12.2. The van der Waals surface area contributed by atoms with E-state index in [1.807, 2.05) is 0 Å². The fourth-order valence-corrected chi connectivity index (χ4v) is 1.96. The number of hydrogen-bond acceptors (Lipinski definition) is 5. The molecule has 0 fully saturated rings. The Bertz CT molecular complexity index is 733. The highest BCUT2D eigenvalue weighted by Gasteiger charge is 2.17. The topological polar surface area (TPSA) is 111 Å². The Labute approximate surface area is 124 Å². The van der Waals surface area contributed by atoms with Gasteiger partial charge in [-0.1, -0.05) is 17.7 Å². The van der Waals surface area contributed by atoms with Crippen LogP contribution in [0.1, 0.15) is 15.9 Å². The molecule has 21 heavy (non-hydrogen) atoms. The van der Waals surface area contributed by atoms with E-state index >= 15 is 0 Å². The predicted molar refractivity (Wildman–Crippen MR) is 79.4 cm³/mol. The van der Waals surface area contributed by atoms with Crippen molar-refractivity contribution in [2.24, 2.45) is 0 Å². The minimum Gasteiger partial charge on any atom is -0.384 e. The number of nitro groups is 1. The Kier molecular flexibility index (Phi) is 4.04. The van der Waals surface area contributed by atoms with Gasteiger partial charge in [0.15, 0.2) is 0 Å². The van der Waals surface area contributed by atoms with Crippen LogP contribution in [0.3, 0.4) is 0 Å². The number of benzene rings is 1. The standard InChI is InChI=1S/C13H11ClN4O3/c1-7-10(3-2-4-11(7)18(20)21)17-13(19)8-5-12(15)16-6-9(8)14/h2-6H,1H3,(H2,15,16)(H,17,19). The van der Waals surface area contributed by atoms with E-state index in [0.29, 0.717) is 11.3 Å². The van der Waals surface area contributed by atoms with Crippen molar-refractivity contribution in [2.75, 3.05) is 11.1 Å². The van der Waals surface area contributed by atoms with Crippen molar-refractivity contribution in [3.8, 4) is 0 Å². The smallest absolute Gasteiger partial charge is 0.274 e. The Morgan fingerprint density at radius 2 is 2.19 bits per heavy atom. The monoisotopic (exact) mass is 306 g/mol. The zero-order valence-electron chi connectivity index (χ0n) is 11.0. The zero-order chi connectivity index (χ0) is 15.6. The zero-order valence-corrected chi connectivity index (χ0v) is 11.7. The number of nitrogens with two attached hydrogens (primary N) is 1. The number of aromatic nitrogens is 1. The second-order valence-electron chi connectivity index (χ2n) is 4.25. The summed E-state index contributed by atoms with van der Waals surface area (Å²) in [7, 11) is 0. The van der Waals surface area contributed by atoms with Crippen molar-refractivity contribution >= 4 is 34.7 Å². The van der Waals surface area contributed by atoms with E-state index in [1.54, 1.807) is 13.0 Å². The maximum Gasteiger partial charge on any atom is 0.274 e. The number of halogens is 1. The summed E-state index contributed by atoms with van der Waals surface area (Å²) in [5, 5.41) is 13.6. The lowest BCUT2D eigenvalue weighted by Gasteiger charge is -2.09. The van der Waals surface area contributed by atoms with Crippen LogP contribution < -0.4 is 11.1 Å². The van der Waals surface area contributed by atoms with Gasteiger partial charge in [-0.3, -0.25) is 14.9 Å². The number of rotatable bonds is 3. The van der Waals surface area contributed by atoms with Crippen LogP contribution >= 0.6 is 11.6 Å². The van der Waals surface area contributed by atoms with Crippen molar-refractivity contribution in [2.45, 2.75) is 6.92 Å². The summed E-state index contributed by atoms with van der Waals surface area (Å²) in [6, 6.07) is 5.76.